The maximum absolute atomic E-state index is 11.5. The Morgan fingerprint density at radius 3 is 2.50 bits per heavy atom. The van der Waals surface area contributed by atoms with Crippen LogP contribution in [-0.2, 0) is 31.8 Å². The number of aryl methyl sites for hydroxylation is 2. The molecular formula is C30H44N6O6. The van der Waals surface area contributed by atoms with Crippen LogP contribution in [0.15, 0.2) is 35.6 Å². The molecule has 0 saturated heterocycles. The van der Waals surface area contributed by atoms with Gasteiger partial charge in [0.05, 0.1) is 46.1 Å². The average Bonchev–Trinajstić information content (AvgIpc) is 3.00. The minimum Gasteiger partial charge on any atom is -0.481 e. The van der Waals surface area contributed by atoms with E-state index in [1.54, 1.807) is 12.3 Å². The summed E-state index contributed by atoms with van der Waals surface area (Å²) in [4.78, 5) is 23.3. The van der Waals surface area contributed by atoms with E-state index in [1.807, 2.05) is 6.07 Å². The molecule has 42 heavy (non-hydrogen) atoms. The predicted octanol–water partition coefficient (Wildman–Crippen LogP) is 5.33. The molecule has 0 bridgehead atoms. The lowest BCUT2D eigenvalue weighted by Crippen LogP contribution is -2.14. The molecule has 3 rings (SSSR count). The van der Waals surface area contributed by atoms with Gasteiger partial charge in [0.15, 0.2) is 0 Å². The maximum atomic E-state index is 11.5. The molecule has 0 saturated carbocycles. The van der Waals surface area contributed by atoms with Gasteiger partial charge in [0.25, 0.3) is 0 Å². The fourth-order valence-electron chi connectivity index (χ4n) is 4.77. The molecule has 12 heteroatoms. The van der Waals surface area contributed by atoms with E-state index in [0.29, 0.717) is 58.7 Å². The third-order valence-electron chi connectivity index (χ3n) is 6.96. The number of aromatic nitrogens is 2. The molecular weight excluding hydrogens is 540 g/mol. The Labute approximate surface area is 247 Å². The molecule has 12 nitrogen and oxygen atoms in total. The van der Waals surface area contributed by atoms with E-state index in [0.717, 1.165) is 68.6 Å². The summed E-state index contributed by atoms with van der Waals surface area (Å²) in [5, 5.41) is 16.2. The number of azide groups is 1. The average molecular weight is 585 g/mol. The molecule has 230 valence electrons. The number of hydrogen-bond acceptors (Lipinski definition) is 9. The summed E-state index contributed by atoms with van der Waals surface area (Å²) >= 11 is 0. The van der Waals surface area contributed by atoms with E-state index < -0.39 is 5.97 Å². The van der Waals surface area contributed by atoms with Crippen LogP contribution in [0.4, 0.5) is 5.82 Å². The van der Waals surface area contributed by atoms with Crippen molar-refractivity contribution in [2.24, 2.45) is 5.11 Å². The van der Waals surface area contributed by atoms with Crippen LogP contribution in [0.3, 0.4) is 0 Å². The topological polar surface area (TPSA) is 161 Å². The Balaban J connectivity index is 1.25. The van der Waals surface area contributed by atoms with Crippen molar-refractivity contribution in [2.45, 2.75) is 63.7 Å². The van der Waals surface area contributed by atoms with Crippen molar-refractivity contribution in [1.82, 2.24) is 9.97 Å². The number of carboxylic acids is 1. The molecule has 2 N–H and O–H groups in total. The van der Waals surface area contributed by atoms with Crippen molar-refractivity contribution in [1.29, 1.82) is 0 Å². The minimum absolute atomic E-state index is 0.0720. The van der Waals surface area contributed by atoms with Crippen LogP contribution in [0.5, 0.6) is 5.88 Å². The van der Waals surface area contributed by atoms with Gasteiger partial charge < -0.3 is 29.4 Å². The lowest BCUT2D eigenvalue weighted by molar-refractivity contribution is -0.137. The molecule has 0 aliphatic carbocycles. The second-order valence-corrected chi connectivity index (χ2v) is 10.2. The summed E-state index contributed by atoms with van der Waals surface area (Å²) in [5.41, 5.74) is 11.5. The number of fused-ring (bicyclic) bond motifs is 1. The van der Waals surface area contributed by atoms with E-state index in [2.05, 4.69) is 32.5 Å². The Bertz CT molecular complexity index is 1100. The summed E-state index contributed by atoms with van der Waals surface area (Å²) in [6.07, 6.45) is 10.1. The first-order valence-corrected chi connectivity index (χ1v) is 14.9. The molecule has 0 aromatic carbocycles. The van der Waals surface area contributed by atoms with Gasteiger partial charge in [0.1, 0.15) is 12.4 Å². The number of anilines is 1. The van der Waals surface area contributed by atoms with E-state index in [1.165, 1.54) is 12.0 Å². The Kier molecular flexibility index (Phi) is 16.1. The van der Waals surface area contributed by atoms with Crippen molar-refractivity contribution in [2.75, 3.05) is 64.7 Å². The SMILES string of the molecule is [N-]=[N+]=NCCOCCOCCOCCOc1ccc([C@H](CCCCCCc2ccc3c(n2)NCCC3)CC(=O)O)cn1. The highest BCUT2D eigenvalue weighted by Crippen LogP contribution is 2.27. The van der Waals surface area contributed by atoms with Crippen LogP contribution in [0.2, 0.25) is 0 Å². The second-order valence-electron chi connectivity index (χ2n) is 10.2. The third-order valence-corrected chi connectivity index (χ3v) is 6.96. The van der Waals surface area contributed by atoms with Crippen LogP contribution in [0.25, 0.3) is 10.4 Å². The van der Waals surface area contributed by atoms with Gasteiger partial charge in [-0.2, -0.15) is 0 Å². The first kappa shape index (κ1) is 33.1. The largest absolute Gasteiger partial charge is 0.481 e. The standard InChI is InChI=1S/C30H44N6O6/c31-36-34-14-15-39-16-17-40-18-19-41-20-21-42-28-12-10-26(23-33-28)25(22-29(37)38)6-3-1-2-4-8-27-11-9-24-7-5-13-32-30(24)35-27/h9-12,23,25H,1-8,13-22H2,(H,32,35)(H,37,38)/t25-/m1/s1. The maximum Gasteiger partial charge on any atom is 0.303 e. The number of hydrogen-bond donors (Lipinski definition) is 2. The summed E-state index contributed by atoms with van der Waals surface area (Å²) < 4.78 is 21.8. The van der Waals surface area contributed by atoms with E-state index in [-0.39, 0.29) is 12.3 Å². The van der Waals surface area contributed by atoms with Gasteiger partial charge in [-0.25, -0.2) is 9.97 Å². The Morgan fingerprint density at radius 1 is 1.00 bits per heavy atom. The van der Waals surface area contributed by atoms with E-state index >= 15 is 0 Å². The number of nitrogens with zero attached hydrogens (tertiary/aromatic N) is 5. The van der Waals surface area contributed by atoms with Gasteiger partial charge >= 0.3 is 5.97 Å². The third kappa shape index (κ3) is 13.5. The first-order valence-electron chi connectivity index (χ1n) is 14.9. The smallest absolute Gasteiger partial charge is 0.303 e. The van der Waals surface area contributed by atoms with Crippen LogP contribution in [0, 0.1) is 0 Å². The molecule has 1 atom stereocenters. The number of aliphatic carboxylic acids is 1. The summed E-state index contributed by atoms with van der Waals surface area (Å²) in [6, 6.07) is 8.05. The molecule has 2 aromatic heterocycles. The van der Waals surface area contributed by atoms with Gasteiger partial charge in [0, 0.05) is 36.0 Å². The number of rotatable bonds is 23. The minimum atomic E-state index is -0.800. The molecule has 0 radical (unpaired) electrons. The number of ether oxygens (including phenoxy) is 4. The van der Waals surface area contributed by atoms with E-state index in [4.69, 9.17) is 29.5 Å². The van der Waals surface area contributed by atoms with Crippen LogP contribution < -0.4 is 10.1 Å². The van der Waals surface area contributed by atoms with Gasteiger partial charge in [-0.15, -0.1) is 0 Å². The highest BCUT2D eigenvalue weighted by molar-refractivity contribution is 5.68. The zero-order chi connectivity index (χ0) is 29.7. The van der Waals surface area contributed by atoms with Gasteiger partial charge in [-0.1, -0.05) is 36.5 Å². The number of unbranched alkanes of at least 4 members (excludes halogenated alkanes) is 3. The molecule has 0 spiro atoms. The summed E-state index contributed by atoms with van der Waals surface area (Å²) in [6.45, 7) is 4.21. The molecule has 0 amide bonds. The molecule has 2 aromatic rings. The number of pyridine rings is 2. The molecule has 1 aliphatic heterocycles. The normalized spacial score (nSPS) is 13.0. The van der Waals surface area contributed by atoms with Crippen LogP contribution in [0.1, 0.15) is 67.7 Å². The number of carbonyl (C=O) groups is 1. The summed E-state index contributed by atoms with van der Waals surface area (Å²) in [5.74, 6) is 0.662. The Hall–Kier alpha value is -3.44. The molecule has 1 aliphatic rings. The van der Waals surface area contributed by atoms with Crippen molar-refractivity contribution >= 4 is 11.8 Å². The van der Waals surface area contributed by atoms with Gasteiger partial charge in [-0.05, 0) is 60.7 Å². The zero-order valence-electron chi connectivity index (χ0n) is 24.4. The fourth-order valence-corrected chi connectivity index (χ4v) is 4.77. The summed E-state index contributed by atoms with van der Waals surface area (Å²) in [7, 11) is 0. The lowest BCUT2D eigenvalue weighted by atomic mass is 9.91. The highest BCUT2D eigenvalue weighted by atomic mass is 16.6. The molecule has 0 unspecified atom stereocenters. The van der Waals surface area contributed by atoms with Gasteiger partial charge in [-0.3, -0.25) is 4.79 Å². The monoisotopic (exact) mass is 584 g/mol. The molecule has 0 fully saturated rings. The van der Waals surface area contributed by atoms with Crippen molar-refractivity contribution in [3.63, 3.8) is 0 Å². The van der Waals surface area contributed by atoms with Crippen LogP contribution >= 0.6 is 0 Å². The predicted molar refractivity (Wildman–Crippen MR) is 159 cm³/mol. The fraction of sp³-hybridized carbons (Fsp3) is 0.633. The second kappa shape index (κ2) is 20.4. The zero-order valence-corrected chi connectivity index (χ0v) is 24.4. The van der Waals surface area contributed by atoms with Crippen molar-refractivity contribution in [3.05, 3.63) is 57.7 Å². The first-order chi connectivity index (χ1) is 20.7. The van der Waals surface area contributed by atoms with E-state index in [9.17, 15) is 9.90 Å². The highest BCUT2D eigenvalue weighted by Gasteiger charge is 2.16. The quantitative estimate of drug-likeness (QED) is 0.0761. The number of nitrogens with one attached hydrogen (secondary N) is 1. The molecule has 3 heterocycles. The number of carboxylic acid groups (broad SMARTS) is 1. The van der Waals surface area contributed by atoms with Crippen molar-refractivity contribution < 1.29 is 28.8 Å². The van der Waals surface area contributed by atoms with Crippen molar-refractivity contribution in [3.8, 4) is 5.88 Å². The Morgan fingerprint density at radius 2 is 1.76 bits per heavy atom. The van der Waals surface area contributed by atoms with Crippen LogP contribution in [-0.4, -0.2) is 80.4 Å². The van der Waals surface area contributed by atoms with Gasteiger partial charge in [0.2, 0.25) is 5.88 Å². The lowest BCUT2D eigenvalue weighted by Gasteiger charge is -2.17.